The summed E-state index contributed by atoms with van der Waals surface area (Å²) in [5, 5.41) is 15.6. The molecule has 2 rings (SSSR count). The van der Waals surface area contributed by atoms with Crippen LogP contribution < -0.4 is 10.6 Å². The van der Waals surface area contributed by atoms with Gasteiger partial charge in [-0.05, 0) is 19.8 Å². The van der Waals surface area contributed by atoms with Gasteiger partial charge in [0.1, 0.15) is 5.82 Å². The van der Waals surface area contributed by atoms with Crippen molar-refractivity contribution in [3.05, 3.63) is 5.82 Å². The average molecular weight is 284 g/mol. The minimum absolute atomic E-state index is 0.0324. The molecule has 106 valence electrons. The molecule has 1 aliphatic carbocycles. The molecule has 0 bridgehead atoms. The third-order valence-electron chi connectivity index (χ3n) is 3.02. The Bertz CT molecular complexity index is 470. The number of nitrogens with zero attached hydrogens (tertiary/aromatic N) is 2. The van der Waals surface area contributed by atoms with E-state index in [9.17, 15) is 9.90 Å². The molecule has 0 aliphatic heterocycles. The second-order valence-corrected chi connectivity index (χ2v) is 7.13. The van der Waals surface area contributed by atoms with Gasteiger partial charge in [-0.2, -0.15) is 4.37 Å². The van der Waals surface area contributed by atoms with Crippen molar-refractivity contribution in [2.75, 3.05) is 5.32 Å². The van der Waals surface area contributed by atoms with Gasteiger partial charge in [0.15, 0.2) is 0 Å². The molecule has 0 spiro atoms. The van der Waals surface area contributed by atoms with Gasteiger partial charge in [0.05, 0.1) is 5.60 Å². The van der Waals surface area contributed by atoms with Crippen LogP contribution in [-0.4, -0.2) is 32.1 Å². The van der Waals surface area contributed by atoms with Gasteiger partial charge in [0, 0.05) is 23.0 Å². The third kappa shape index (κ3) is 3.63. The summed E-state index contributed by atoms with van der Waals surface area (Å²) in [5.41, 5.74) is -0.764. The number of rotatable bonds is 2. The summed E-state index contributed by atoms with van der Waals surface area (Å²) >= 11 is 1.17. The molecule has 1 aromatic rings. The van der Waals surface area contributed by atoms with Crippen LogP contribution in [0.3, 0.4) is 0 Å². The normalized spacial score (nSPS) is 26.7. The summed E-state index contributed by atoms with van der Waals surface area (Å²) in [4.78, 5) is 16.0. The number of urea groups is 1. The van der Waals surface area contributed by atoms with E-state index in [1.807, 2.05) is 20.8 Å². The van der Waals surface area contributed by atoms with E-state index >= 15 is 0 Å². The van der Waals surface area contributed by atoms with Crippen LogP contribution in [0.1, 0.15) is 46.4 Å². The summed E-state index contributed by atoms with van der Waals surface area (Å²) in [6.07, 6.45) is 1.17. The predicted octanol–water partition coefficient (Wildman–Crippen LogP) is 1.87. The van der Waals surface area contributed by atoms with E-state index in [1.165, 1.54) is 11.5 Å². The van der Waals surface area contributed by atoms with Crippen LogP contribution in [0.4, 0.5) is 9.93 Å². The number of hydrogen-bond acceptors (Lipinski definition) is 5. The zero-order valence-corrected chi connectivity index (χ0v) is 12.5. The number of aliphatic hydroxyl groups is 1. The number of hydrogen-bond donors (Lipinski definition) is 3. The quantitative estimate of drug-likeness (QED) is 0.773. The molecule has 0 aromatic carbocycles. The SMILES string of the molecule is CC1(O)CC(NC(=O)Nc2nc(C(C)(C)C)ns2)C1. The fraction of sp³-hybridized carbons (Fsp3) is 0.750. The zero-order chi connectivity index (χ0) is 14.3. The lowest BCUT2D eigenvalue weighted by atomic mass is 9.77. The fourth-order valence-electron chi connectivity index (χ4n) is 2.00. The van der Waals surface area contributed by atoms with E-state index in [1.54, 1.807) is 6.92 Å². The molecule has 1 saturated carbocycles. The molecule has 3 N–H and O–H groups in total. The first kappa shape index (κ1) is 14.2. The molecule has 7 heteroatoms. The molecule has 0 unspecified atom stereocenters. The van der Waals surface area contributed by atoms with Gasteiger partial charge < -0.3 is 10.4 Å². The molecule has 1 aromatic heterocycles. The van der Waals surface area contributed by atoms with E-state index in [-0.39, 0.29) is 17.5 Å². The fourth-order valence-corrected chi connectivity index (χ4v) is 2.75. The summed E-state index contributed by atoms with van der Waals surface area (Å²) < 4.78 is 4.22. The van der Waals surface area contributed by atoms with Crippen LogP contribution in [0.25, 0.3) is 0 Å². The van der Waals surface area contributed by atoms with Gasteiger partial charge in [-0.15, -0.1) is 0 Å². The van der Waals surface area contributed by atoms with Crippen molar-refractivity contribution in [2.45, 2.75) is 57.6 Å². The van der Waals surface area contributed by atoms with Crippen molar-refractivity contribution in [3.63, 3.8) is 0 Å². The highest BCUT2D eigenvalue weighted by Crippen LogP contribution is 2.31. The Morgan fingerprint density at radius 1 is 1.47 bits per heavy atom. The highest BCUT2D eigenvalue weighted by Gasteiger charge is 2.39. The van der Waals surface area contributed by atoms with Crippen molar-refractivity contribution in [3.8, 4) is 0 Å². The Morgan fingerprint density at radius 2 is 2.11 bits per heavy atom. The second-order valence-electron chi connectivity index (χ2n) is 6.37. The second kappa shape index (κ2) is 4.72. The first-order valence-electron chi connectivity index (χ1n) is 6.30. The topological polar surface area (TPSA) is 87.1 Å². The van der Waals surface area contributed by atoms with E-state index < -0.39 is 5.60 Å². The van der Waals surface area contributed by atoms with Crippen LogP contribution in [-0.2, 0) is 5.41 Å². The molecule has 0 atom stereocenters. The van der Waals surface area contributed by atoms with E-state index in [2.05, 4.69) is 20.0 Å². The molecule has 0 radical (unpaired) electrons. The summed E-state index contributed by atoms with van der Waals surface area (Å²) in [6, 6.07) is -0.262. The minimum Gasteiger partial charge on any atom is -0.390 e. The summed E-state index contributed by atoms with van der Waals surface area (Å²) in [7, 11) is 0. The van der Waals surface area contributed by atoms with Gasteiger partial charge in [-0.25, -0.2) is 9.78 Å². The number of anilines is 1. The summed E-state index contributed by atoms with van der Waals surface area (Å²) in [5.74, 6) is 0.722. The Balaban J connectivity index is 1.84. The smallest absolute Gasteiger partial charge is 0.321 e. The predicted molar refractivity (Wildman–Crippen MR) is 74.4 cm³/mol. The lowest BCUT2D eigenvalue weighted by molar-refractivity contribution is -0.0351. The molecule has 1 heterocycles. The monoisotopic (exact) mass is 284 g/mol. The first-order valence-corrected chi connectivity index (χ1v) is 7.07. The van der Waals surface area contributed by atoms with E-state index in [0.29, 0.717) is 18.0 Å². The number of aromatic nitrogens is 2. The number of carbonyl (C=O) groups is 1. The lowest BCUT2D eigenvalue weighted by Crippen LogP contribution is -2.54. The van der Waals surface area contributed by atoms with Crippen molar-refractivity contribution in [1.82, 2.24) is 14.7 Å². The van der Waals surface area contributed by atoms with Crippen LogP contribution in [0.5, 0.6) is 0 Å². The lowest BCUT2D eigenvalue weighted by Gasteiger charge is -2.40. The highest BCUT2D eigenvalue weighted by atomic mass is 32.1. The maximum absolute atomic E-state index is 11.7. The number of carbonyl (C=O) groups excluding carboxylic acids is 1. The van der Waals surface area contributed by atoms with Crippen molar-refractivity contribution >= 4 is 22.7 Å². The van der Waals surface area contributed by atoms with E-state index in [4.69, 9.17) is 0 Å². The minimum atomic E-state index is -0.639. The maximum atomic E-state index is 11.7. The first-order chi connectivity index (χ1) is 8.66. The van der Waals surface area contributed by atoms with Crippen molar-refractivity contribution < 1.29 is 9.90 Å². The van der Waals surface area contributed by atoms with Crippen molar-refractivity contribution in [1.29, 1.82) is 0 Å². The number of nitrogens with one attached hydrogen (secondary N) is 2. The van der Waals surface area contributed by atoms with Gasteiger partial charge in [0.25, 0.3) is 0 Å². The van der Waals surface area contributed by atoms with E-state index in [0.717, 1.165) is 5.82 Å². The molecular weight excluding hydrogens is 264 g/mol. The Labute approximate surface area is 116 Å². The number of amides is 2. The highest BCUT2D eigenvalue weighted by molar-refractivity contribution is 7.09. The largest absolute Gasteiger partial charge is 0.390 e. The molecule has 1 fully saturated rings. The Hall–Kier alpha value is -1.21. The van der Waals surface area contributed by atoms with Gasteiger partial charge in [-0.3, -0.25) is 5.32 Å². The van der Waals surface area contributed by atoms with Crippen LogP contribution in [0.15, 0.2) is 0 Å². The molecule has 2 amide bonds. The Morgan fingerprint density at radius 3 is 2.58 bits per heavy atom. The molecule has 0 saturated heterocycles. The maximum Gasteiger partial charge on any atom is 0.321 e. The standard InChI is InChI=1S/C12H20N4O2S/c1-11(2,3)8-14-10(19-16-8)15-9(17)13-7-5-12(4,18)6-7/h7,18H,5-6H2,1-4H3,(H2,13,14,15,16,17). The molecule has 1 aliphatic rings. The van der Waals surface area contributed by atoms with Gasteiger partial charge in [-0.1, -0.05) is 20.8 Å². The van der Waals surface area contributed by atoms with Gasteiger partial charge in [0.2, 0.25) is 5.13 Å². The third-order valence-corrected chi connectivity index (χ3v) is 3.66. The van der Waals surface area contributed by atoms with Crippen LogP contribution >= 0.6 is 11.5 Å². The zero-order valence-electron chi connectivity index (χ0n) is 11.6. The summed E-state index contributed by atoms with van der Waals surface area (Å²) in [6.45, 7) is 7.84. The average Bonchev–Trinajstić information content (AvgIpc) is 2.62. The van der Waals surface area contributed by atoms with Crippen molar-refractivity contribution in [2.24, 2.45) is 0 Å². The van der Waals surface area contributed by atoms with Gasteiger partial charge >= 0.3 is 6.03 Å². The van der Waals surface area contributed by atoms with Crippen LogP contribution in [0.2, 0.25) is 0 Å². The van der Waals surface area contributed by atoms with Crippen LogP contribution in [0, 0.1) is 0 Å². The Kier molecular flexibility index (Phi) is 3.53. The molecule has 19 heavy (non-hydrogen) atoms. The molecular formula is C12H20N4O2S. The molecule has 6 nitrogen and oxygen atoms in total.